The summed E-state index contributed by atoms with van der Waals surface area (Å²) in [5, 5.41) is 11.7. The highest BCUT2D eigenvalue weighted by Crippen LogP contribution is 2.37. The smallest absolute Gasteiger partial charge is 0.346 e. The lowest BCUT2D eigenvalue weighted by atomic mass is 9.96. The van der Waals surface area contributed by atoms with Crippen LogP contribution in [-0.4, -0.2) is 62.2 Å². The Morgan fingerprint density at radius 3 is 2.97 bits per heavy atom. The molecular formula is C21H26N6O4. The van der Waals surface area contributed by atoms with E-state index < -0.39 is 0 Å². The topological polar surface area (TPSA) is 111 Å². The van der Waals surface area contributed by atoms with Gasteiger partial charge >= 0.3 is 5.69 Å². The molecule has 2 aliphatic rings. The average molecular weight is 426 g/mol. The first-order valence-electron chi connectivity index (χ1n) is 10.7. The first kappa shape index (κ1) is 19.8. The normalized spacial score (nSPS) is 19.1. The lowest BCUT2D eigenvalue weighted by Gasteiger charge is -2.31. The summed E-state index contributed by atoms with van der Waals surface area (Å²) in [5.41, 5.74) is 0.951. The predicted molar refractivity (Wildman–Crippen MR) is 111 cm³/mol. The molecule has 5 rings (SSSR count). The zero-order chi connectivity index (χ0) is 21.4. The van der Waals surface area contributed by atoms with Crippen molar-refractivity contribution in [3.8, 4) is 11.5 Å². The van der Waals surface area contributed by atoms with Crippen molar-refractivity contribution in [3.05, 3.63) is 46.5 Å². The van der Waals surface area contributed by atoms with Crippen molar-refractivity contribution in [2.75, 3.05) is 26.8 Å². The molecule has 10 heteroatoms. The van der Waals surface area contributed by atoms with Crippen LogP contribution in [0.25, 0.3) is 11.5 Å². The molecule has 1 saturated carbocycles. The molecule has 1 aliphatic carbocycles. The minimum absolute atomic E-state index is 0.0262. The van der Waals surface area contributed by atoms with Gasteiger partial charge in [0.2, 0.25) is 0 Å². The van der Waals surface area contributed by atoms with Crippen LogP contribution in [-0.2, 0) is 11.3 Å². The predicted octanol–water partition coefficient (Wildman–Crippen LogP) is 2.03. The van der Waals surface area contributed by atoms with Gasteiger partial charge in [-0.05, 0) is 37.8 Å². The third-order valence-corrected chi connectivity index (χ3v) is 5.97. The van der Waals surface area contributed by atoms with E-state index in [9.17, 15) is 9.59 Å². The van der Waals surface area contributed by atoms with E-state index in [2.05, 4.69) is 15.3 Å². The number of carbonyl (C=O) groups excluding carboxylic acids is 1. The van der Waals surface area contributed by atoms with Crippen LogP contribution in [0.2, 0.25) is 0 Å². The summed E-state index contributed by atoms with van der Waals surface area (Å²) < 4.78 is 13.8. The number of hydrogen-bond donors (Lipinski definition) is 1. The van der Waals surface area contributed by atoms with E-state index in [-0.39, 0.29) is 23.6 Å². The highest BCUT2D eigenvalue weighted by Gasteiger charge is 2.35. The van der Waals surface area contributed by atoms with Crippen molar-refractivity contribution < 1.29 is 13.9 Å². The summed E-state index contributed by atoms with van der Waals surface area (Å²) in [4.78, 5) is 27.8. The number of hydrogen-bond acceptors (Lipinski definition) is 6. The second-order valence-electron chi connectivity index (χ2n) is 8.19. The van der Waals surface area contributed by atoms with Crippen molar-refractivity contribution in [1.82, 2.24) is 29.4 Å². The fourth-order valence-electron chi connectivity index (χ4n) is 4.24. The second kappa shape index (κ2) is 8.18. The molecule has 1 N–H and O–H groups in total. The Hall–Kier alpha value is -3.14. The van der Waals surface area contributed by atoms with E-state index in [1.165, 1.54) is 4.68 Å². The van der Waals surface area contributed by atoms with E-state index in [1.807, 2.05) is 15.5 Å². The molecule has 3 aromatic heterocycles. The Labute approximate surface area is 178 Å². The molecule has 3 aromatic rings. The van der Waals surface area contributed by atoms with Gasteiger partial charge in [0.25, 0.3) is 5.91 Å². The lowest BCUT2D eigenvalue weighted by Crippen LogP contribution is -2.40. The zero-order valence-corrected chi connectivity index (χ0v) is 17.5. The van der Waals surface area contributed by atoms with Crippen LogP contribution in [0.15, 0.2) is 33.7 Å². The number of aromatic nitrogens is 5. The van der Waals surface area contributed by atoms with Gasteiger partial charge in [-0.1, -0.05) is 0 Å². The van der Waals surface area contributed by atoms with Gasteiger partial charge in [0, 0.05) is 38.2 Å². The number of carbonyl (C=O) groups is 1. The van der Waals surface area contributed by atoms with Gasteiger partial charge < -0.3 is 14.1 Å². The summed E-state index contributed by atoms with van der Waals surface area (Å²) >= 11 is 0. The summed E-state index contributed by atoms with van der Waals surface area (Å²) in [7, 11) is 1.61. The van der Waals surface area contributed by atoms with E-state index in [1.54, 1.807) is 25.5 Å². The summed E-state index contributed by atoms with van der Waals surface area (Å²) in [6.07, 6.45) is 5.34. The zero-order valence-electron chi connectivity index (χ0n) is 17.5. The van der Waals surface area contributed by atoms with Gasteiger partial charge in [-0.2, -0.15) is 10.2 Å². The summed E-state index contributed by atoms with van der Waals surface area (Å²) in [5.74, 6) is 1.33. The van der Waals surface area contributed by atoms with Gasteiger partial charge in [-0.3, -0.25) is 14.5 Å². The maximum absolute atomic E-state index is 13.1. The number of likely N-dealkylation sites (tertiary alicyclic amines) is 1. The molecule has 1 atom stereocenters. The molecular weight excluding hydrogens is 400 g/mol. The van der Waals surface area contributed by atoms with E-state index in [0.29, 0.717) is 43.4 Å². The molecule has 1 aliphatic heterocycles. The van der Waals surface area contributed by atoms with Crippen molar-refractivity contribution >= 4 is 5.91 Å². The van der Waals surface area contributed by atoms with Crippen LogP contribution in [0.1, 0.15) is 54.0 Å². The standard InChI is InChI=1S/C21H26N6O4/c1-30-11-9-26-21(29)27(15-6-7-15)19(24-26)14-4-2-8-25(13-14)20(28)17-12-16(22-23-17)18-5-3-10-31-18/h3,5,10,12,14-15H,2,4,6-9,11,13H2,1H3,(H,22,23). The van der Waals surface area contributed by atoms with Crippen LogP contribution in [0.5, 0.6) is 0 Å². The molecule has 0 spiro atoms. The Morgan fingerprint density at radius 2 is 2.23 bits per heavy atom. The Kier molecular flexibility index (Phi) is 5.23. The number of nitrogens with one attached hydrogen (secondary N) is 1. The number of amides is 1. The van der Waals surface area contributed by atoms with Gasteiger partial charge in [0.1, 0.15) is 11.5 Å². The SMILES string of the molecule is COCCn1nc(C2CCCN(C(=O)c3cc(-c4ccco4)[nH]n3)C2)n(C2CC2)c1=O. The number of piperidine rings is 1. The molecule has 10 nitrogen and oxygen atoms in total. The van der Waals surface area contributed by atoms with Crippen molar-refractivity contribution in [2.24, 2.45) is 0 Å². The van der Waals surface area contributed by atoms with Crippen LogP contribution < -0.4 is 5.69 Å². The van der Waals surface area contributed by atoms with Gasteiger partial charge in [0.15, 0.2) is 11.5 Å². The van der Waals surface area contributed by atoms with E-state index >= 15 is 0 Å². The van der Waals surface area contributed by atoms with E-state index in [0.717, 1.165) is 31.5 Å². The first-order chi connectivity index (χ1) is 15.2. The van der Waals surface area contributed by atoms with Gasteiger partial charge in [0.05, 0.1) is 19.4 Å². The fourth-order valence-corrected chi connectivity index (χ4v) is 4.24. The van der Waals surface area contributed by atoms with Crippen molar-refractivity contribution in [1.29, 1.82) is 0 Å². The van der Waals surface area contributed by atoms with Crippen LogP contribution in [0.3, 0.4) is 0 Å². The monoisotopic (exact) mass is 426 g/mol. The average Bonchev–Trinajstić information content (AvgIpc) is 3.19. The Balaban J connectivity index is 1.36. The molecule has 0 aromatic carbocycles. The first-order valence-corrected chi connectivity index (χ1v) is 10.7. The molecule has 0 bridgehead atoms. The Bertz CT molecular complexity index is 1110. The lowest BCUT2D eigenvalue weighted by molar-refractivity contribution is 0.0697. The second-order valence-corrected chi connectivity index (χ2v) is 8.19. The van der Waals surface area contributed by atoms with E-state index in [4.69, 9.17) is 9.15 Å². The minimum Gasteiger partial charge on any atom is -0.463 e. The number of methoxy groups -OCH3 is 1. The molecule has 164 valence electrons. The summed E-state index contributed by atoms with van der Waals surface area (Å²) in [6.45, 7) is 2.05. The summed E-state index contributed by atoms with van der Waals surface area (Å²) in [6, 6.07) is 5.55. The molecule has 4 heterocycles. The molecule has 31 heavy (non-hydrogen) atoms. The molecule has 1 amide bonds. The third kappa shape index (κ3) is 3.83. The number of furan rings is 1. The molecule has 1 saturated heterocycles. The van der Waals surface area contributed by atoms with Crippen LogP contribution in [0.4, 0.5) is 0 Å². The minimum atomic E-state index is -0.127. The number of rotatable bonds is 7. The highest BCUT2D eigenvalue weighted by atomic mass is 16.5. The number of ether oxygens (including phenoxy) is 1. The number of H-pyrrole nitrogens is 1. The van der Waals surface area contributed by atoms with Gasteiger partial charge in [-0.15, -0.1) is 0 Å². The number of nitrogens with zero attached hydrogens (tertiary/aromatic N) is 5. The third-order valence-electron chi connectivity index (χ3n) is 5.97. The van der Waals surface area contributed by atoms with Crippen molar-refractivity contribution in [2.45, 2.75) is 44.2 Å². The highest BCUT2D eigenvalue weighted by molar-refractivity contribution is 5.93. The number of aromatic amines is 1. The molecule has 2 fully saturated rings. The quantitative estimate of drug-likeness (QED) is 0.619. The molecule has 1 unspecified atom stereocenters. The maximum atomic E-state index is 13.1. The van der Waals surface area contributed by atoms with Crippen LogP contribution in [0, 0.1) is 0 Å². The fraction of sp³-hybridized carbons (Fsp3) is 0.524. The van der Waals surface area contributed by atoms with Gasteiger partial charge in [-0.25, -0.2) is 9.48 Å². The molecule has 0 radical (unpaired) electrons. The van der Waals surface area contributed by atoms with Crippen LogP contribution >= 0.6 is 0 Å². The Morgan fingerprint density at radius 1 is 1.35 bits per heavy atom. The largest absolute Gasteiger partial charge is 0.463 e. The van der Waals surface area contributed by atoms with Crippen molar-refractivity contribution in [3.63, 3.8) is 0 Å². The maximum Gasteiger partial charge on any atom is 0.346 e.